The van der Waals surface area contributed by atoms with E-state index in [1.807, 2.05) is 6.20 Å². The molecule has 2 atom stereocenters. The molecule has 1 aliphatic rings. The molecule has 0 radical (unpaired) electrons. The fourth-order valence-corrected chi connectivity index (χ4v) is 5.90. The van der Waals surface area contributed by atoms with E-state index in [2.05, 4.69) is 102 Å². The highest BCUT2D eigenvalue weighted by molar-refractivity contribution is 5.91. The molecule has 0 spiro atoms. The average molecular weight is 531 g/mol. The van der Waals surface area contributed by atoms with E-state index in [0.717, 1.165) is 72.5 Å². The molecular formula is C34H38N6. The number of aliphatic imine (C=N–C) groups is 1. The lowest BCUT2D eigenvalue weighted by Crippen LogP contribution is -2.29. The zero-order valence-electron chi connectivity index (χ0n) is 23.7. The minimum absolute atomic E-state index is 0.144. The largest absolute Gasteiger partial charge is 0.363 e. The van der Waals surface area contributed by atoms with Crippen LogP contribution in [-0.2, 0) is 0 Å². The Morgan fingerprint density at radius 1 is 1.05 bits per heavy atom. The first-order chi connectivity index (χ1) is 19.5. The standard InChI is InChI=1S/C34H38N6/c1-5-8-29(37-22(3)6-2)23(4)40-16-7-9-33(40)34-38-30-15-14-27(19-31(30)39-34)25-10-11-26-18-28(13-12-24(26)17-25)32-20-35-21-36-32/h10-15,17-21,29,33H,4-9,16H2,1-3H3,(H,35,36)(H,38,39)/t29-,33-/m0/s1. The van der Waals surface area contributed by atoms with Crippen molar-refractivity contribution in [3.05, 3.63) is 85.2 Å². The van der Waals surface area contributed by atoms with Gasteiger partial charge in [0.05, 0.1) is 41.3 Å². The maximum absolute atomic E-state index is 5.05. The molecule has 2 N–H and O–H groups in total. The molecule has 0 saturated carbocycles. The van der Waals surface area contributed by atoms with Gasteiger partial charge in [-0.1, -0.05) is 57.2 Å². The number of fused-ring (bicyclic) bond motifs is 2. The Bertz CT molecular complexity index is 1680. The summed E-state index contributed by atoms with van der Waals surface area (Å²) in [5.74, 6) is 1.03. The van der Waals surface area contributed by atoms with Gasteiger partial charge in [-0.25, -0.2) is 9.97 Å². The smallest absolute Gasteiger partial charge is 0.130 e. The van der Waals surface area contributed by atoms with Gasteiger partial charge in [-0.05, 0) is 78.8 Å². The zero-order chi connectivity index (χ0) is 27.6. The van der Waals surface area contributed by atoms with Crippen LogP contribution in [0.4, 0.5) is 0 Å². The average Bonchev–Trinajstić information content (AvgIpc) is 3.76. The molecule has 1 saturated heterocycles. The van der Waals surface area contributed by atoms with Crippen LogP contribution in [-0.4, -0.2) is 43.1 Å². The molecule has 3 aromatic carbocycles. The van der Waals surface area contributed by atoms with Crippen LogP contribution in [0.3, 0.4) is 0 Å². The maximum atomic E-state index is 5.05. The molecule has 204 valence electrons. The summed E-state index contributed by atoms with van der Waals surface area (Å²) in [7, 11) is 0. The molecule has 0 bridgehead atoms. The van der Waals surface area contributed by atoms with Gasteiger partial charge in [0.1, 0.15) is 5.82 Å². The summed E-state index contributed by atoms with van der Waals surface area (Å²) >= 11 is 0. The lowest BCUT2D eigenvalue weighted by Gasteiger charge is -2.31. The third-order valence-corrected chi connectivity index (χ3v) is 8.25. The molecule has 2 aromatic heterocycles. The molecule has 5 aromatic rings. The fraction of sp³-hybridized carbons (Fsp3) is 0.324. The molecule has 3 heterocycles. The van der Waals surface area contributed by atoms with Gasteiger partial charge in [-0.2, -0.15) is 0 Å². The van der Waals surface area contributed by atoms with E-state index < -0.39 is 0 Å². The van der Waals surface area contributed by atoms with Crippen molar-refractivity contribution in [3.8, 4) is 22.4 Å². The van der Waals surface area contributed by atoms with Gasteiger partial charge in [-0.15, -0.1) is 0 Å². The van der Waals surface area contributed by atoms with Crippen molar-refractivity contribution < 1.29 is 0 Å². The van der Waals surface area contributed by atoms with E-state index in [0.29, 0.717) is 0 Å². The van der Waals surface area contributed by atoms with E-state index in [-0.39, 0.29) is 12.1 Å². The molecule has 40 heavy (non-hydrogen) atoms. The molecule has 1 aliphatic heterocycles. The highest BCUT2D eigenvalue weighted by Gasteiger charge is 2.32. The van der Waals surface area contributed by atoms with Crippen LogP contribution in [0.5, 0.6) is 0 Å². The summed E-state index contributed by atoms with van der Waals surface area (Å²) in [6.07, 6.45) is 8.88. The van der Waals surface area contributed by atoms with Gasteiger partial charge < -0.3 is 14.9 Å². The number of nitrogens with one attached hydrogen (secondary N) is 2. The number of rotatable bonds is 9. The second kappa shape index (κ2) is 11.1. The van der Waals surface area contributed by atoms with Crippen molar-refractivity contribution in [1.29, 1.82) is 0 Å². The highest BCUT2D eigenvalue weighted by Crippen LogP contribution is 2.37. The van der Waals surface area contributed by atoms with E-state index in [4.69, 9.17) is 9.98 Å². The minimum atomic E-state index is 0.144. The number of hydrogen-bond donors (Lipinski definition) is 2. The van der Waals surface area contributed by atoms with Crippen LogP contribution >= 0.6 is 0 Å². The second-order valence-electron chi connectivity index (χ2n) is 11.0. The first kappa shape index (κ1) is 26.1. The Hall–Kier alpha value is -4.19. The molecule has 0 amide bonds. The lowest BCUT2D eigenvalue weighted by atomic mass is 9.99. The minimum Gasteiger partial charge on any atom is -0.363 e. The summed E-state index contributed by atoms with van der Waals surface area (Å²) in [5, 5.41) is 2.43. The number of benzene rings is 3. The number of imidazole rings is 2. The Balaban J connectivity index is 1.27. The molecule has 6 rings (SSSR count). The van der Waals surface area contributed by atoms with Gasteiger partial charge in [-0.3, -0.25) is 4.99 Å². The Kier molecular flexibility index (Phi) is 7.25. The lowest BCUT2D eigenvalue weighted by molar-refractivity contribution is 0.295. The fourth-order valence-electron chi connectivity index (χ4n) is 5.90. The molecule has 1 fully saturated rings. The normalized spacial score (nSPS) is 16.7. The number of aromatic nitrogens is 4. The summed E-state index contributed by atoms with van der Waals surface area (Å²) < 4.78 is 0. The predicted molar refractivity (Wildman–Crippen MR) is 167 cm³/mol. The number of aromatic amines is 2. The monoisotopic (exact) mass is 530 g/mol. The van der Waals surface area contributed by atoms with Crippen molar-refractivity contribution in [1.82, 2.24) is 24.8 Å². The number of nitrogens with zero attached hydrogens (tertiary/aromatic N) is 4. The number of hydrogen-bond acceptors (Lipinski definition) is 4. The molecule has 0 aliphatic carbocycles. The van der Waals surface area contributed by atoms with E-state index in [9.17, 15) is 0 Å². The number of likely N-dealkylation sites (tertiary alicyclic amines) is 1. The van der Waals surface area contributed by atoms with Crippen LogP contribution in [0, 0.1) is 0 Å². The first-order valence-corrected chi connectivity index (χ1v) is 14.6. The Morgan fingerprint density at radius 3 is 2.55 bits per heavy atom. The summed E-state index contributed by atoms with van der Waals surface area (Å²) in [6.45, 7) is 12.1. The molecule has 6 nitrogen and oxygen atoms in total. The quantitative estimate of drug-likeness (QED) is 0.188. The maximum Gasteiger partial charge on any atom is 0.130 e. The van der Waals surface area contributed by atoms with Crippen LogP contribution < -0.4 is 0 Å². The molecule has 0 unspecified atom stereocenters. The summed E-state index contributed by atoms with van der Waals surface area (Å²) in [4.78, 5) is 23.5. The second-order valence-corrected chi connectivity index (χ2v) is 11.0. The van der Waals surface area contributed by atoms with Gasteiger partial charge in [0.2, 0.25) is 0 Å². The van der Waals surface area contributed by atoms with Gasteiger partial charge in [0.25, 0.3) is 0 Å². The summed E-state index contributed by atoms with van der Waals surface area (Å²) in [5.41, 5.74) is 8.95. The van der Waals surface area contributed by atoms with Crippen LogP contribution in [0.1, 0.15) is 64.7 Å². The third-order valence-electron chi connectivity index (χ3n) is 8.25. The topological polar surface area (TPSA) is 73.0 Å². The van der Waals surface area contributed by atoms with Crippen molar-refractivity contribution in [2.45, 2.75) is 65.0 Å². The highest BCUT2D eigenvalue weighted by atomic mass is 15.2. The zero-order valence-corrected chi connectivity index (χ0v) is 23.7. The van der Waals surface area contributed by atoms with Gasteiger partial charge >= 0.3 is 0 Å². The summed E-state index contributed by atoms with van der Waals surface area (Å²) in [6, 6.07) is 20.1. The van der Waals surface area contributed by atoms with Crippen molar-refractivity contribution >= 4 is 27.5 Å². The van der Waals surface area contributed by atoms with Crippen LogP contribution in [0.25, 0.3) is 44.2 Å². The van der Waals surface area contributed by atoms with E-state index >= 15 is 0 Å². The van der Waals surface area contributed by atoms with E-state index in [1.165, 1.54) is 27.6 Å². The van der Waals surface area contributed by atoms with Crippen molar-refractivity contribution in [3.63, 3.8) is 0 Å². The van der Waals surface area contributed by atoms with Crippen LogP contribution in [0.15, 0.2) is 84.4 Å². The SMILES string of the molecule is C=C([C@H](CCC)N=C(C)CC)N1CCC[C@H]1c1nc2ccc(-c3ccc4cc(-c5cnc[nH]5)ccc4c3)cc2[nH]1. The van der Waals surface area contributed by atoms with Crippen molar-refractivity contribution in [2.24, 2.45) is 4.99 Å². The number of H-pyrrole nitrogens is 2. The Morgan fingerprint density at radius 2 is 1.80 bits per heavy atom. The third kappa shape index (κ3) is 5.06. The van der Waals surface area contributed by atoms with Gasteiger partial charge in [0.15, 0.2) is 0 Å². The van der Waals surface area contributed by atoms with Gasteiger partial charge in [0, 0.05) is 23.5 Å². The Labute approximate surface area is 236 Å². The molecule has 6 heteroatoms. The predicted octanol–water partition coefficient (Wildman–Crippen LogP) is 8.46. The molecular weight excluding hydrogens is 492 g/mol. The van der Waals surface area contributed by atoms with E-state index in [1.54, 1.807) is 6.33 Å². The van der Waals surface area contributed by atoms with Crippen LogP contribution in [0.2, 0.25) is 0 Å². The van der Waals surface area contributed by atoms with Crippen molar-refractivity contribution in [2.75, 3.05) is 6.54 Å². The first-order valence-electron chi connectivity index (χ1n) is 14.6.